The van der Waals surface area contributed by atoms with Crippen molar-refractivity contribution >= 4 is 0 Å². The second-order valence-corrected chi connectivity index (χ2v) is 4.84. The summed E-state index contributed by atoms with van der Waals surface area (Å²) in [5.74, 6) is 1.69. The lowest BCUT2D eigenvalue weighted by molar-refractivity contribution is -0.103. The minimum atomic E-state index is 0.557. The average Bonchev–Trinajstić information content (AvgIpc) is 2.16. The van der Waals surface area contributed by atoms with E-state index in [0.717, 1.165) is 25.0 Å². The predicted octanol–water partition coefficient (Wildman–Crippen LogP) is 2.32. The lowest BCUT2D eigenvalue weighted by Gasteiger charge is -2.40. The molecule has 0 aromatic rings. The van der Waals surface area contributed by atoms with E-state index in [4.69, 9.17) is 10.5 Å². The van der Waals surface area contributed by atoms with Gasteiger partial charge in [0, 0.05) is 6.61 Å². The first-order valence-corrected chi connectivity index (χ1v) is 6.23. The molecule has 82 valence electrons. The van der Waals surface area contributed by atoms with Crippen LogP contribution in [0.15, 0.2) is 0 Å². The van der Waals surface area contributed by atoms with Crippen LogP contribution in [-0.4, -0.2) is 19.3 Å². The highest BCUT2D eigenvalue weighted by atomic mass is 16.5. The maximum atomic E-state index is 5.70. The zero-order chi connectivity index (χ0) is 9.80. The predicted molar refractivity (Wildman–Crippen MR) is 58.1 cm³/mol. The molecule has 0 spiro atoms. The van der Waals surface area contributed by atoms with Crippen LogP contribution in [0.2, 0.25) is 0 Å². The molecule has 2 heteroatoms. The highest BCUT2D eigenvalue weighted by Crippen LogP contribution is 2.37. The van der Waals surface area contributed by atoms with Gasteiger partial charge in [-0.1, -0.05) is 32.1 Å². The molecule has 2 fully saturated rings. The Morgan fingerprint density at radius 3 is 2.36 bits per heavy atom. The standard InChI is InChI=1S/C12H23NO/c13-8-6-11(12-7-9-14-12)10-4-2-1-3-5-10/h10-12H,1-9,13H2. The molecule has 14 heavy (non-hydrogen) atoms. The molecule has 0 amide bonds. The molecule has 0 aromatic heterocycles. The van der Waals surface area contributed by atoms with Crippen LogP contribution in [0.5, 0.6) is 0 Å². The number of hydrogen-bond donors (Lipinski definition) is 1. The quantitative estimate of drug-likeness (QED) is 0.750. The SMILES string of the molecule is NCCC(C1CCCCC1)C1CCO1. The number of nitrogens with two attached hydrogens (primary N) is 1. The van der Waals surface area contributed by atoms with Crippen molar-refractivity contribution in [3.8, 4) is 0 Å². The van der Waals surface area contributed by atoms with Crippen LogP contribution in [0.4, 0.5) is 0 Å². The van der Waals surface area contributed by atoms with Crippen molar-refractivity contribution in [2.24, 2.45) is 17.6 Å². The molecule has 0 aromatic carbocycles. The fraction of sp³-hybridized carbons (Fsp3) is 1.00. The van der Waals surface area contributed by atoms with E-state index in [2.05, 4.69) is 0 Å². The molecule has 2 unspecified atom stereocenters. The van der Waals surface area contributed by atoms with Gasteiger partial charge in [-0.3, -0.25) is 0 Å². The summed E-state index contributed by atoms with van der Waals surface area (Å²) in [6.07, 6.45) is 10.2. The second kappa shape index (κ2) is 5.13. The Morgan fingerprint density at radius 1 is 1.14 bits per heavy atom. The molecular formula is C12H23NO. The highest BCUT2D eigenvalue weighted by molar-refractivity contribution is 4.83. The van der Waals surface area contributed by atoms with Crippen LogP contribution in [0.3, 0.4) is 0 Å². The van der Waals surface area contributed by atoms with Gasteiger partial charge < -0.3 is 10.5 Å². The highest BCUT2D eigenvalue weighted by Gasteiger charge is 2.33. The first kappa shape index (κ1) is 10.4. The van der Waals surface area contributed by atoms with Crippen molar-refractivity contribution in [3.05, 3.63) is 0 Å². The third-order valence-electron chi connectivity index (χ3n) is 3.97. The van der Waals surface area contributed by atoms with E-state index in [1.807, 2.05) is 0 Å². The Balaban J connectivity index is 1.86. The van der Waals surface area contributed by atoms with Crippen molar-refractivity contribution < 1.29 is 4.74 Å². The molecule has 0 radical (unpaired) electrons. The molecule has 1 aliphatic carbocycles. The first-order valence-electron chi connectivity index (χ1n) is 6.23. The summed E-state index contributed by atoms with van der Waals surface area (Å²) in [4.78, 5) is 0. The maximum absolute atomic E-state index is 5.70. The largest absolute Gasteiger partial charge is 0.378 e. The molecular weight excluding hydrogens is 174 g/mol. The summed E-state index contributed by atoms with van der Waals surface area (Å²) in [7, 11) is 0. The first-order chi connectivity index (χ1) is 6.92. The van der Waals surface area contributed by atoms with E-state index in [0.29, 0.717) is 6.10 Å². The third-order valence-corrected chi connectivity index (χ3v) is 3.97. The molecule has 1 aliphatic heterocycles. The van der Waals surface area contributed by atoms with Crippen LogP contribution in [0.25, 0.3) is 0 Å². The normalized spacial score (nSPS) is 31.1. The van der Waals surface area contributed by atoms with Crippen molar-refractivity contribution in [1.29, 1.82) is 0 Å². The van der Waals surface area contributed by atoms with Crippen LogP contribution in [-0.2, 0) is 4.74 Å². The third kappa shape index (κ3) is 2.29. The Bertz CT molecular complexity index is 162. The summed E-state index contributed by atoms with van der Waals surface area (Å²) >= 11 is 0. The van der Waals surface area contributed by atoms with Gasteiger partial charge in [0.1, 0.15) is 0 Å². The lowest BCUT2D eigenvalue weighted by atomic mass is 9.74. The number of rotatable bonds is 4. The van der Waals surface area contributed by atoms with E-state index >= 15 is 0 Å². The van der Waals surface area contributed by atoms with Gasteiger partial charge in [0.25, 0.3) is 0 Å². The smallest absolute Gasteiger partial charge is 0.0628 e. The Morgan fingerprint density at radius 2 is 1.86 bits per heavy atom. The van der Waals surface area contributed by atoms with Gasteiger partial charge in [-0.2, -0.15) is 0 Å². The summed E-state index contributed by atoms with van der Waals surface area (Å²) in [6.45, 7) is 1.82. The summed E-state index contributed by atoms with van der Waals surface area (Å²) < 4.78 is 5.64. The monoisotopic (exact) mass is 197 g/mol. The Kier molecular flexibility index (Phi) is 3.82. The second-order valence-electron chi connectivity index (χ2n) is 4.84. The molecule has 2 rings (SSSR count). The summed E-state index contributed by atoms with van der Waals surface area (Å²) in [5.41, 5.74) is 5.70. The lowest BCUT2D eigenvalue weighted by Crippen LogP contribution is -2.40. The number of ether oxygens (including phenoxy) is 1. The van der Waals surface area contributed by atoms with Gasteiger partial charge in [0.05, 0.1) is 6.10 Å². The van der Waals surface area contributed by atoms with E-state index in [9.17, 15) is 0 Å². The number of hydrogen-bond acceptors (Lipinski definition) is 2. The van der Waals surface area contributed by atoms with E-state index in [1.165, 1.54) is 44.9 Å². The van der Waals surface area contributed by atoms with Gasteiger partial charge >= 0.3 is 0 Å². The topological polar surface area (TPSA) is 35.2 Å². The molecule has 1 saturated heterocycles. The van der Waals surface area contributed by atoms with Gasteiger partial charge in [0.2, 0.25) is 0 Å². The molecule has 1 heterocycles. The zero-order valence-corrected chi connectivity index (χ0v) is 9.08. The maximum Gasteiger partial charge on any atom is 0.0628 e. The van der Waals surface area contributed by atoms with Crippen molar-refractivity contribution in [2.75, 3.05) is 13.2 Å². The van der Waals surface area contributed by atoms with Crippen LogP contribution in [0.1, 0.15) is 44.9 Å². The molecule has 2 N–H and O–H groups in total. The molecule has 2 nitrogen and oxygen atoms in total. The van der Waals surface area contributed by atoms with E-state index in [1.54, 1.807) is 0 Å². The fourth-order valence-electron chi connectivity index (χ4n) is 3.07. The molecule has 2 atom stereocenters. The van der Waals surface area contributed by atoms with Gasteiger partial charge in [-0.05, 0) is 31.2 Å². The van der Waals surface area contributed by atoms with E-state index in [-0.39, 0.29) is 0 Å². The zero-order valence-electron chi connectivity index (χ0n) is 9.08. The molecule has 0 bridgehead atoms. The van der Waals surface area contributed by atoms with Crippen LogP contribution in [0, 0.1) is 11.8 Å². The molecule has 1 saturated carbocycles. The van der Waals surface area contributed by atoms with Crippen LogP contribution < -0.4 is 5.73 Å². The van der Waals surface area contributed by atoms with Crippen LogP contribution >= 0.6 is 0 Å². The van der Waals surface area contributed by atoms with Crippen molar-refractivity contribution in [2.45, 2.75) is 51.0 Å². The summed E-state index contributed by atoms with van der Waals surface area (Å²) in [5, 5.41) is 0. The summed E-state index contributed by atoms with van der Waals surface area (Å²) in [6, 6.07) is 0. The van der Waals surface area contributed by atoms with E-state index < -0.39 is 0 Å². The van der Waals surface area contributed by atoms with Crippen molar-refractivity contribution in [1.82, 2.24) is 0 Å². The Hall–Kier alpha value is -0.0800. The minimum absolute atomic E-state index is 0.557. The van der Waals surface area contributed by atoms with Gasteiger partial charge in [-0.15, -0.1) is 0 Å². The minimum Gasteiger partial charge on any atom is -0.378 e. The fourth-order valence-corrected chi connectivity index (χ4v) is 3.07. The average molecular weight is 197 g/mol. The van der Waals surface area contributed by atoms with Gasteiger partial charge in [-0.25, -0.2) is 0 Å². The molecule has 2 aliphatic rings. The van der Waals surface area contributed by atoms with Gasteiger partial charge in [0.15, 0.2) is 0 Å². The van der Waals surface area contributed by atoms with Crippen molar-refractivity contribution in [3.63, 3.8) is 0 Å². The Labute approximate surface area is 87.2 Å².